The molecular formula is C26H43NO2. The Bertz CT molecular complexity index is 543. The second-order valence-corrected chi connectivity index (χ2v) is 7.54. The van der Waals surface area contributed by atoms with Gasteiger partial charge in [0, 0.05) is 6.54 Å². The number of aliphatic hydroxyl groups is 1. The van der Waals surface area contributed by atoms with Gasteiger partial charge in [0.2, 0.25) is 5.91 Å². The molecule has 0 aromatic rings. The Hall–Kier alpha value is -1.87. The van der Waals surface area contributed by atoms with Crippen molar-refractivity contribution in [2.24, 2.45) is 0 Å². The van der Waals surface area contributed by atoms with Crippen LogP contribution in [0.4, 0.5) is 0 Å². The molecule has 164 valence electrons. The quantitative estimate of drug-likeness (QED) is 0.164. The van der Waals surface area contributed by atoms with Crippen LogP contribution < -0.4 is 5.32 Å². The average Bonchev–Trinajstić information content (AvgIpc) is 2.70. The van der Waals surface area contributed by atoms with E-state index in [2.05, 4.69) is 44.3 Å². The summed E-state index contributed by atoms with van der Waals surface area (Å²) in [5, 5.41) is 13.6. The summed E-state index contributed by atoms with van der Waals surface area (Å²) in [4.78, 5) is 12.0. The molecule has 0 saturated heterocycles. The molecular weight excluding hydrogens is 358 g/mol. The van der Waals surface area contributed by atoms with Crippen molar-refractivity contribution in [1.82, 2.24) is 5.32 Å². The Kier molecular flexibility index (Phi) is 18.2. The molecule has 0 fully saturated rings. The molecule has 3 heteroatoms. The van der Waals surface area contributed by atoms with E-state index in [0.29, 0.717) is 6.54 Å². The Labute approximate surface area is 179 Å². The SMILES string of the molecule is CCCC=CC=CC=CC=CCCC=CC(=O)NCC(O)(CCC)CCCCC. The van der Waals surface area contributed by atoms with Gasteiger partial charge in [-0.1, -0.05) is 108 Å². The number of allylic oxidation sites excluding steroid dienone is 9. The highest BCUT2D eigenvalue weighted by molar-refractivity contribution is 5.87. The van der Waals surface area contributed by atoms with Crippen LogP contribution in [0.15, 0.2) is 60.8 Å². The fraction of sp³-hybridized carbons (Fsp3) is 0.577. The van der Waals surface area contributed by atoms with E-state index in [1.807, 2.05) is 36.5 Å². The molecule has 0 spiro atoms. The molecule has 0 bridgehead atoms. The van der Waals surface area contributed by atoms with Crippen LogP contribution in [-0.4, -0.2) is 23.2 Å². The number of carbonyl (C=O) groups is 1. The monoisotopic (exact) mass is 401 g/mol. The summed E-state index contributed by atoms with van der Waals surface area (Å²) in [6.45, 7) is 6.72. The van der Waals surface area contributed by atoms with Crippen LogP contribution in [0, 0.1) is 0 Å². The lowest BCUT2D eigenvalue weighted by atomic mass is 9.91. The Balaban J connectivity index is 4.04. The highest BCUT2D eigenvalue weighted by atomic mass is 16.3. The standard InChI is InChI=1S/C26H43NO2/c1-4-7-9-10-11-12-13-14-15-16-17-18-19-21-25(28)27-24-26(29,22-6-3)23-20-8-5-2/h9-16,19,21,29H,4-8,17-18,20,22-24H2,1-3H3,(H,27,28). The molecule has 0 saturated carbocycles. The van der Waals surface area contributed by atoms with Crippen LogP contribution in [0.3, 0.4) is 0 Å². The average molecular weight is 402 g/mol. The molecule has 0 radical (unpaired) electrons. The lowest BCUT2D eigenvalue weighted by Gasteiger charge is -2.28. The molecule has 0 aliphatic rings. The molecule has 0 aromatic heterocycles. The van der Waals surface area contributed by atoms with Crippen molar-refractivity contribution < 1.29 is 9.90 Å². The maximum absolute atomic E-state index is 12.0. The number of hydrogen-bond donors (Lipinski definition) is 2. The van der Waals surface area contributed by atoms with Gasteiger partial charge in [0.25, 0.3) is 0 Å². The minimum absolute atomic E-state index is 0.125. The van der Waals surface area contributed by atoms with E-state index in [1.54, 1.807) is 6.08 Å². The molecule has 0 rings (SSSR count). The number of carbonyl (C=O) groups excluding carboxylic acids is 1. The lowest BCUT2D eigenvalue weighted by Crippen LogP contribution is -2.42. The molecule has 3 nitrogen and oxygen atoms in total. The molecule has 29 heavy (non-hydrogen) atoms. The smallest absolute Gasteiger partial charge is 0.243 e. The summed E-state index contributed by atoms with van der Waals surface area (Å²) in [5.41, 5.74) is -0.775. The van der Waals surface area contributed by atoms with Crippen LogP contribution >= 0.6 is 0 Å². The predicted molar refractivity (Wildman–Crippen MR) is 127 cm³/mol. The van der Waals surface area contributed by atoms with E-state index in [1.165, 1.54) is 6.42 Å². The third-order valence-electron chi connectivity index (χ3n) is 4.61. The Morgan fingerprint density at radius 2 is 1.38 bits per heavy atom. The van der Waals surface area contributed by atoms with Gasteiger partial charge >= 0.3 is 0 Å². The predicted octanol–water partition coefficient (Wildman–Crippen LogP) is 6.58. The fourth-order valence-corrected chi connectivity index (χ4v) is 2.94. The van der Waals surface area contributed by atoms with Gasteiger partial charge < -0.3 is 10.4 Å². The van der Waals surface area contributed by atoms with Gasteiger partial charge in [0.1, 0.15) is 0 Å². The molecule has 0 aromatic carbocycles. The van der Waals surface area contributed by atoms with E-state index >= 15 is 0 Å². The zero-order valence-corrected chi connectivity index (χ0v) is 18.9. The van der Waals surface area contributed by atoms with E-state index in [0.717, 1.165) is 57.8 Å². The first-order chi connectivity index (χ1) is 14.1. The highest BCUT2D eigenvalue weighted by Gasteiger charge is 2.25. The first-order valence-electron chi connectivity index (χ1n) is 11.4. The second kappa shape index (κ2) is 19.4. The van der Waals surface area contributed by atoms with Gasteiger partial charge in [-0.3, -0.25) is 4.79 Å². The molecule has 1 unspecified atom stereocenters. The summed E-state index contributed by atoms with van der Waals surface area (Å²) >= 11 is 0. The Morgan fingerprint density at radius 1 is 0.759 bits per heavy atom. The fourth-order valence-electron chi connectivity index (χ4n) is 2.94. The molecule has 1 atom stereocenters. The normalized spacial score (nSPS) is 14.8. The van der Waals surface area contributed by atoms with E-state index in [4.69, 9.17) is 0 Å². The van der Waals surface area contributed by atoms with Gasteiger partial charge in [0.05, 0.1) is 5.60 Å². The summed E-state index contributed by atoms with van der Waals surface area (Å²) in [6.07, 6.45) is 29.6. The van der Waals surface area contributed by atoms with Crippen molar-refractivity contribution in [2.75, 3.05) is 6.54 Å². The lowest BCUT2D eigenvalue weighted by molar-refractivity contribution is -0.118. The summed E-state index contributed by atoms with van der Waals surface area (Å²) < 4.78 is 0. The zero-order chi connectivity index (χ0) is 21.6. The molecule has 0 aliphatic heterocycles. The van der Waals surface area contributed by atoms with Crippen molar-refractivity contribution in [2.45, 2.75) is 90.6 Å². The van der Waals surface area contributed by atoms with Crippen LogP contribution in [0.5, 0.6) is 0 Å². The van der Waals surface area contributed by atoms with Gasteiger partial charge in [-0.05, 0) is 38.2 Å². The minimum atomic E-state index is -0.775. The van der Waals surface area contributed by atoms with E-state index in [-0.39, 0.29) is 5.91 Å². The van der Waals surface area contributed by atoms with E-state index in [9.17, 15) is 9.90 Å². The third-order valence-corrected chi connectivity index (χ3v) is 4.61. The van der Waals surface area contributed by atoms with Crippen molar-refractivity contribution >= 4 is 5.91 Å². The first kappa shape index (κ1) is 27.1. The first-order valence-corrected chi connectivity index (χ1v) is 11.4. The van der Waals surface area contributed by atoms with E-state index < -0.39 is 5.60 Å². The number of amides is 1. The summed E-state index contributed by atoms with van der Waals surface area (Å²) in [6, 6.07) is 0. The van der Waals surface area contributed by atoms with Gasteiger partial charge in [-0.15, -0.1) is 0 Å². The third kappa shape index (κ3) is 17.9. The number of unbranched alkanes of at least 4 members (excludes halogenated alkanes) is 4. The van der Waals surface area contributed by atoms with Crippen molar-refractivity contribution in [3.05, 3.63) is 60.8 Å². The Morgan fingerprint density at radius 3 is 2.00 bits per heavy atom. The summed E-state index contributed by atoms with van der Waals surface area (Å²) in [5.74, 6) is -0.125. The van der Waals surface area contributed by atoms with Crippen LogP contribution in [0.2, 0.25) is 0 Å². The molecule has 0 aliphatic carbocycles. The van der Waals surface area contributed by atoms with Crippen LogP contribution in [0.25, 0.3) is 0 Å². The molecule has 1 amide bonds. The van der Waals surface area contributed by atoms with Crippen LogP contribution in [0.1, 0.15) is 85.0 Å². The maximum atomic E-state index is 12.0. The second-order valence-electron chi connectivity index (χ2n) is 7.54. The van der Waals surface area contributed by atoms with Gasteiger partial charge in [-0.2, -0.15) is 0 Å². The number of nitrogens with one attached hydrogen (secondary N) is 1. The summed E-state index contributed by atoms with van der Waals surface area (Å²) in [7, 11) is 0. The largest absolute Gasteiger partial charge is 0.388 e. The van der Waals surface area contributed by atoms with Gasteiger partial charge in [0.15, 0.2) is 0 Å². The topological polar surface area (TPSA) is 49.3 Å². The maximum Gasteiger partial charge on any atom is 0.243 e. The van der Waals surface area contributed by atoms with Crippen molar-refractivity contribution in [3.63, 3.8) is 0 Å². The van der Waals surface area contributed by atoms with Crippen LogP contribution in [-0.2, 0) is 4.79 Å². The molecule has 2 N–H and O–H groups in total. The zero-order valence-electron chi connectivity index (χ0n) is 18.9. The number of rotatable bonds is 17. The minimum Gasteiger partial charge on any atom is -0.388 e. The molecule has 0 heterocycles. The van der Waals surface area contributed by atoms with Crippen molar-refractivity contribution in [3.8, 4) is 0 Å². The highest BCUT2D eigenvalue weighted by Crippen LogP contribution is 2.20. The van der Waals surface area contributed by atoms with Crippen molar-refractivity contribution in [1.29, 1.82) is 0 Å². The number of hydrogen-bond acceptors (Lipinski definition) is 2. The van der Waals surface area contributed by atoms with Gasteiger partial charge in [-0.25, -0.2) is 0 Å².